The highest BCUT2D eigenvalue weighted by atomic mass is 16.5. The molecule has 1 N–H and O–H groups in total. The summed E-state index contributed by atoms with van der Waals surface area (Å²) >= 11 is 0. The van der Waals surface area contributed by atoms with Crippen molar-refractivity contribution in [3.8, 4) is 11.5 Å². The molecule has 0 aromatic heterocycles. The molecule has 1 heterocycles. The van der Waals surface area contributed by atoms with Gasteiger partial charge in [-0.25, -0.2) is 0 Å². The molecular weight excluding hydrogens is 368 g/mol. The van der Waals surface area contributed by atoms with Crippen LogP contribution in [0.25, 0.3) is 0 Å². The standard InChI is InChI=1S/C23H26N2O4/c1-28-20-12-9-17(14-21(20)29-2)19-4-3-13-25(19)23(27)16-7-10-18(11-8-16)24-22(26)15-5-6-15/h7-12,14-15,19H,3-6,13H2,1-2H3,(H,24,26). The number of nitrogens with zero attached hydrogens (tertiary/aromatic N) is 1. The van der Waals surface area contributed by atoms with Crippen molar-refractivity contribution >= 4 is 17.5 Å². The zero-order valence-electron chi connectivity index (χ0n) is 16.8. The van der Waals surface area contributed by atoms with E-state index in [4.69, 9.17) is 9.47 Å². The van der Waals surface area contributed by atoms with Gasteiger partial charge in [0.1, 0.15) is 0 Å². The summed E-state index contributed by atoms with van der Waals surface area (Å²) in [5, 5.41) is 2.91. The normalized spacial score (nSPS) is 18.4. The van der Waals surface area contributed by atoms with E-state index in [-0.39, 0.29) is 23.8 Å². The molecule has 1 aliphatic carbocycles. The summed E-state index contributed by atoms with van der Waals surface area (Å²) in [6, 6.07) is 13.0. The minimum atomic E-state index is 0.00218. The van der Waals surface area contributed by atoms with E-state index in [9.17, 15) is 9.59 Å². The van der Waals surface area contributed by atoms with Crippen LogP contribution >= 0.6 is 0 Å². The Balaban J connectivity index is 1.49. The number of hydrogen-bond acceptors (Lipinski definition) is 4. The molecule has 1 saturated carbocycles. The van der Waals surface area contributed by atoms with Crippen LogP contribution in [0, 0.1) is 5.92 Å². The van der Waals surface area contributed by atoms with Crippen LogP contribution in [0.5, 0.6) is 11.5 Å². The van der Waals surface area contributed by atoms with E-state index in [0.717, 1.165) is 43.5 Å². The first-order chi connectivity index (χ1) is 14.1. The molecule has 0 spiro atoms. The van der Waals surface area contributed by atoms with Crippen molar-refractivity contribution in [2.75, 3.05) is 26.1 Å². The molecule has 152 valence electrons. The number of carbonyl (C=O) groups is 2. The Labute approximate surface area is 170 Å². The lowest BCUT2D eigenvalue weighted by atomic mass is 10.0. The van der Waals surface area contributed by atoms with Crippen molar-refractivity contribution in [3.63, 3.8) is 0 Å². The van der Waals surface area contributed by atoms with Gasteiger partial charge in [0, 0.05) is 23.7 Å². The third kappa shape index (κ3) is 4.06. The fourth-order valence-corrected chi connectivity index (χ4v) is 3.87. The number of anilines is 1. The second-order valence-electron chi connectivity index (χ2n) is 7.61. The molecule has 1 aliphatic heterocycles. The predicted molar refractivity (Wildman–Crippen MR) is 110 cm³/mol. The second-order valence-corrected chi connectivity index (χ2v) is 7.61. The molecule has 0 radical (unpaired) electrons. The third-order valence-corrected chi connectivity index (χ3v) is 5.65. The molecule has 29 heavy (non-hydrogen) atoms. The molecule has 1 saturated heterocycles. The number of rotatable bonds is 6. The first kappa shape index (κ1) is 19.3. The monoisotopic (exact) mass is 394 g/mol. The van der Waals surface area contributed by atoms with Gasteiger partial charge in [-0.15, -0.1) is 0 Å². The number of hydrogen-bond donors (Lipinski definition) is 1. The fourth-order valence-electron chi connectivity index (χ4n) is 3.87. The minimum absolute atomic E-state index is 0.00218. The molecule has 2 aromatic carbocycles. The van der Waals surface area contributed by atoms with Gasteiger partial charge >= 0.3 is 0 Å². The quantitative estimate of drug-likeness (QED) is 0.803. The maximum atomic E-state index is 13.1. The predicted octanol–water partition coefficient (Wildman–Crippen LogP) is 4.03. The fraction of sp³-hybridized carbons (Fsp3) is 0.391. The lowest BCUT2D eigenvalue weighted by Gasteiger charge is -2.26. The van der Waals surface area contributed by atoms with Crippen LogP contribution in [-0.4, -0.2) is 37.5 Å². The van der Waals surface area contributed by atoms with Crippen molar-refractivity contribution in [2.45, 2.75) is 31.7 Å². The van der Waals surface area contributed by atoms with Gasteiger partial charge < -0.3 is 19.7 Å². The van der Waals surface area contributed by atoms with Crippen LogP contribution in [0.2, 0.25) is 0 Å². The van der Waals surface area contributed by atoms with Crippen LogP contribution in [0.1, 0.15) is 47.6 Å². The molecule has 2 fully saturated rings. The van der Waals surface area contributed by atoms with E-state index < -0.39 is 0 Å². The lowest BCUT2D eigenvalue weighted by Crippen LogP contribution is -2.30. The highest BCUT2D eigenvalue weighted by Crippen LogP contribution is 2.37. The Hall–Kier alpha value is -3.02. The van der Waals surface area contributed by atoms with Crippen molar-refractivity contribution in [1.29, 1.82) is 0 Å². The van der Waals surface area contributed by atoms with Crippen LogP contribution < -0.4 is 14.8 Å². The Morgan fingerprint density at radius 1 is 0.966 bits per heavy atom. The third-order valence-electron chi connectivity index (χ3n) is 5.65. The highest BCUT2D eigenvalue weighted by Gasteiger charge is 2.32. The number of benzene rings is 2. The second kappa shape index (κ2) is 8.15. The van der Waals surface area contributed by atoms with Crippen LogP contribution in [-0.2, 0) is 4.79 Å². The average Bonchev–Trinajstić information content (AvgIpc) is 3.50. The molecule has 0 bridgehead atoms. The Kier molecular flexibility index (Phi) is 5.43. The van der Waals surface area contributed by atoms with Crippen molar-refractivity contribution in [3.05, 3.63) is 53.6 Å². The molecule has 2 aromatic rings. The minimum Gasteiger partial charge on any atom is -0.493 e. The lowest BCUT2D eigenvalue weighted by molar-refractivity contribution is -0.117. The molecule has 4 rings (SSSR count). The summed E-state index contributed by atoms with van der Waals surface area (Å²) in [6.45, 7) is 0.720. The van der Waals surface area contributed by atoms with Crippen molar-refractivity contribution in [1.82, 2.24) is 4.90 Å². The smallest absolute Gasteiger partial charge is 0.254 e. The summed E-state index contributed by atoms with van der Waals surface area (Å²) in [5.41, 5.74) is 2.40. The van der Waals surface area contributed by atoms with Crippen LogP contribution in [0.3, 0.4) is 0 Å². The van der Waals surface area contributed by atoms with Gasteiger partial charge in [0.2, 0.25) is 5.91 Å². The van der Waals surface area contributed by atoms with E-state index in [1.165, 1.54) is 0 Å². The van der Waals surface area contributed by atoms with Gasteiger partial charge in [-0.3, -0.25) is 9.59 Å². The number of carbonyl (C=O) groups excluding carboxylic acids is 2. The van der Waals surface area contributed by atoms with E-state index in [1.54, 1.807) is 38.5 Å². The Morgan fingerprint density at radius 2 is 1.69 bits per heavy atom. The van der Waals surface area contributed by atoms with E-state index in [0.29, 0.717) is 17.1 Å². The number of amides is 2. The maximum Gasteiger partial charge on any atom is 0.254 e. The van der Waals surface area contributed by atoms with Gasteiger partial charge in [-0.1, -0.05) is 6.07 Å². The highest BCUT2D eigenvalue weighted by molar-refractivity contribution is 5.97. The summed E-state index contributed by atoms with van der Waals surface area (Å²) in [7, 11) is 3.22. The molecular formula is C23H26N2O4. The first-order valence-electron chi connectivity index (χ1n) is 10.0. The average molecular weight is 394 g/mol. The van der Waals surface area contributed by atoms with Crippen molar-refractivity contribution in [2.24, 2.45) is 5.92 Å². The zero-order chi connectivity index (χ0) is 20.4. The summed E-state index contributed by atoms with van der Waals surface area (Å²) < 4.78 is 10.7. The molecule has 2 aliphatic rings. The molecule has 2 amide bonds. The largest absolute Gasteiger partial charge is 0.493 e. The topological polar surface area (TPSA) is 67.9 Å². The number of nitrogens with one attached hydrogen (secondary N) is 1. The van der Waals surface area contributed by atoms with Gasteiger partial charge in [-0.05, 0) is 67.6 Å². The SMILES string of the molecule is COc1ccc(C2CCCN2C(=O)c2ccc(NC(=O)C3CC3)cc2)cc1OC. The van der Waals surface area contributed by atoms with Crippen molar-refractivity contribution < 1.29 is 19.1 Å². The number of ether oxygens (including phenoxy) is 2. The molecule has 1 atom stereocenters. The summed E-state index contributed by atoms with van der Waals surface area (Å²) in [5.74, 6) is 1.57. The molecule has 1 unspecified atom stereocenters. The summed E-state index contributed by atoms with van der Waals surface area (Å²) in [6.07, 6.45) is 3.81. The number of methoxy groups -OCH3 is 2. The number of likely N-dealkylation sites (tertiary alicyclic amines) is 1. The van der Waals surface area contributed by atoms with Gasteiger partial charge in [0.15, 0.2) is 11.5 Å². The molecule has 6 heteroatoms. The van der Waals surface area contributed by atoms with Crippen LogP contribution in [0.4, 0.5) is 5.69 Å². The first-order valence-corrected chi connectivity index (χ1v) is 10.0. The van der Waals surface area contributed by atoms with E-state index >= 15 is 0 Å². The van der Waals surface area contributed by atoms with Gasteiger partial charge in [0.25, 0.3) is 5.91 Å². The van der Waals surface area contributed by atoms with Gasteiger partial charge in [0.05, 0.1) is 20.3 Å². The Morgan fingerprint density at radius 3 is 2.34 bits per heavy atom. The summed E-state index contributed by atoms with van der Waals surface area (Å²) in [4.78, 5) is 27.0. The van der Waals surface area contributed by atoms with Crippen LogP contribution in [0.15, 0.2) is 42.5 Å². The van der Waals surface area contributed by atoms with E-state index in [2.05, 4.69) is 5.32 Å². The van der Waals surface area contributed by atoms with E-state index in [1.807, 2.05) is 23.1 Å². The molecule has 6 nitrogen and oxygen atoms in total. The van der Waals surface area contributed by atoms with Gasteiger partial charge in [-0.2, -0.15) is 0 Å². The Bertz CT molecular complexity index is 906. The zero-order valence-corrected chi connectivity index (χ0v) is 16.8. The maximum absolute atomic E-state index is 13.1.